The molecule has 0 N–H and O–H groups in total. The van der Waals surface area contributed by atoms with Gasteiger partial charge in [0.25, 0.3) is 0 Å². The molecule has 1 unspecified atom stereocenters. The third kappa shape index (κ3) is 2.03. The number of nitrogens with zero attached hydrogens (tertiary/aromatic N) is 1. The first-order valence-corrected chi connectivity index (χ1v) is 10.9. The maximum atomic E-state index is 6.51. The third-order valence-corrected chi connectivity index (χ3v) is 8.22. The molecule has 2 aliphatic heterocycles. The second-order valence-electron chi connectivity index (χ2n) is 7.26. The molecule has 1 atom stereocenters. The molecule has 1 aromatic heterocycles. The SMILES string of the molecule is c1ccc2c(c1)Oc1cc3c(ccc4cccnc43)c3c1P2c1ccccc1O3. The molecule has 0 saturated heterocycles. The highest BCUT2D eigenvalue weighted by Crippen LogP contribution is 2.54. The Bertz CT molecular complexity index is 1470. The van der Waals surface area contributed by atoms with Crippen molar-refractivity contribution in [2.45, 2.75) is 0 Å². The van der Waals surface area contributed by atoms with E-state index >= 15 is 0 Å². The Labute approximate surface area is 168 Å². The molecular formula is C25H14NO2P. The molecule has 0 spiro atoms. The number of ether oxygens (including phenoxy) is 2. The first-order chi connectivity index (χ1) is 14.4. The van der Waals surface area contributed by atoms with Crippen molar-refractivity contribution in [3.63, 3.8) is 0 Å². The van der Waals surface area contributed by atoms with Crippen molar-refractivity contribution in [1.29, 1.82) is 0 Å². The summed E-state index contributed by atoms with van der Waals surface area (Å²) < 4.78 is 12.9. The van der Waals surface area contributed by atoms with Crippen LogP contribution in [0.15, 0.2) is 85.1 Å². The van der Waals surface area contributed by atoms with E-state index in [0.717, 1.165) is 44.7 Å². The van der Waals surface area contributed by atoms with E-state index in [1.54, 1.807) is 0 Å². The average Bonchev–Trinajstić information content (AvgIpc) is 2.78. The van der Waals surface area contributed by atoms with E-state index in [4.69, 9.17) is 9.47 Å². The van der Waals surface area contributed by atoms with Crippen molar-refractivity contribution >= 4 is 45.5 Å². The smallest absolute Gasteiger partial charge is 0.147 e. The van der Waals surface area contributed by atoms with Crippen LogP contribution >= 0.6 is 7.92 Å². The van der Waals surface area contributed by atoms with Gasteiger partial charge in [-0.1, -0.05) is 48.5 Å². The van der Waals surface area contributed by atoms with Crippen LogP contribution in [0.25, 0.3) is 21.7 Å². The summed E-state index contributed by atoms with van der Waals surface area (Å²) in [7, 11) is -0.738. The number of aromatic nitrogens is 1. The summed E-state index contributed by atoms with van der Waals surface area (Å²) in [6, 6.07) is 27.2. The molecule has 0 saturated carbocycles. The molecule has 0 amide bonds. The monoisotopic (exact) mass is 391 g/mol. The highest BCUT2D eigenvalue weighted by Gasteiger charge is 2.37. The van der Waals surface area contributed by atoms with E-state index in [9.17, 15) is 0 Å². The van der Waals surface area contributed by atoms with Crippen molar-refractivity contribution < 1.29 is 9.47 Å². The van der Waals surface area contributed by atoms with Gasteiger partial charge in [0, 0.05) is 40.9 Å². The number of hydrogen-bond acceptors (Lipinski definition) is 3. The molecule has 0 radical (unpaired) electrons. The number of hydrogen-bond donors (Lipinski definition) is 0. The summed E-state index contributed by atoms with van der Waals surface area (Å²) in [4.78, 5) is 4.65. The molecule has 4 aromatic carbocycles. The van der Waals surface area contributed by atoms with E-state index in [1.807, 2.05) is 24.4 Å². The second-order valence-corrected chi connectivity index (χ2v) is 9.34. The van der Waals surface area contributed by atoms with E-state index in [-0.39, 0.29) is 0 Å². The first-order valence-electron chi connectivity index (χ1n) is 9.57. The Morgan fingerprint density at radius 3 is 2.24 bits per heavy atom. The van der Waals surface area contributed by atoms with Crippen LogP contribution in [0.5, 0.6) is 23.0 Å². The van der Waals surface area contributed by atoms with Gasteiger partial charge in [-0.2, -0.15) is 0 Å². The lowest BCUT2D eigenvalue weighted by Gasteiger charge is -2.35. The van der Waals surface area contributed by atoms with Crippen LogP contribution in [0.2, 0.25) is 0 Å². The van der Waals surface area contributed by atoms with Crippen LogP contribution in [0.3, 0.4) is 0 Å². The molecule has 7 rings (SSSR count). The summed E-state index contributed by atoms with van der Waals surface area (Å²) >= 11 is 0. The van der Waals surface area contributed by atoms with Gasteiger partial charge >= 0.3 is 0 Å². The molecule has 0 aliphatic carbocycles. The summed E-state index contributed by atoms with van der Waals surface area (Å²) in [5.41, 5.74) is 0.971. The van der Waals surface area contributed by atoms with E-state index in [0.29, 0.717) is 0 Å². The molecule has 4 heteroatoms. The van der Waals surface area contributed by atoms with Crippen LogP contribution in [-0.2, 0) is 0 Å². The van der Waals surface area contributed by atoms with Crippen molar-refractivity contribution in [1.82, 2.24) is 4.98 Å². The maximum absolute atomic E-state index is 6.51. The van der Waals surface area contributed by atoms with Gasteiger partial charge in [0.05, 0.1) is 10.8 Å². The number of benzene rings is 4. The zero-order valence-corrected chi connectivity index (χ0v) is 16.2. The summed E-state index contributed by atoms with van der Waals surface area (Å²) in [6.45, 7) is 0. The fourth-order valence-electron chi connectivity index (χ4n) is 4.40. The van der Waals surface area contributed by atoms with Gasteiger partial charge in [-0.25, -0.2) is 0 Å². The minimum absolute atomic E-state index is 0.738. The Morgan fingerprint density at radius 2 is 1.41 bits per heavy atom. The van der Waals surface area contributed by atoms with Crippen molar-refractivity contribution in [2.75, 3.05) is 0 Å². The predicted molar refractivity (Wildman–Crippen MR) is 118 cm³/mol. The minimum atomic E-state index is -0.738. The molecule has 29 heavy (non-hydrogen) atoms. The Morgan fingerprint density at radius 1 is 0.655 bits per heavy atom. The highest BCUT2D eigenvalue weighted by molar-refractivity contribution is 7.80. The van der Waals surface area contributed by atoms with Crippen molar-refractivity contribution in [2.24, 2.45) is 0 Å². The lowest BCUT2D eigenvalue weighted by Crippen LogP contribution is -2.31. The van der Waals surface area contributed by atoms with E-state index < -0.39 is 7.92 Å². The normalized spacial score (nSPS) is 15.8. The summed E-state index contributed by atoms with van der Waals surface area (Å²) in [6.07, 6.45) is 1.84. The predicted octanol–water partition coefficient (Wildman–Crippen LogP) is 5.36. The zero-order chi connectivity index (χ0) is 18.9. The third-order valence-electron chi connectivity index (χ3n) is 5.65. The summed E-state index contributed by atoms with van der Waals surface area (Å²) in [5.74, 6) is 3.65. The quantitative estimate of drug-likeness (QED) is 0.258. The van der Waals surface area contributed by atoms with Gasteiger partial charge in [0.2, 0.25) is 0 Å². The molecule has 136 valence electrons. The average molecular weight is 391 g/mol. The molecule has 3 nitrogen and oxygen atoms in total. The van der Waals surface area contributed by atoms with Crippen LogP contribution in [0.1, 0.15) is 0 Å². The number of rotatable bonds is 0. The first kappa shape index (κ1) is 15.5. The second kappa shape index (κ2) is 5.56. The fraction of sp³-hybridized carbons (Fsp3) is 0. The molecular weight excluding hydrogens is 377 g/mol. The van der Waals surface area contributed by atoms with Gasteiger partial charge < -0.3 is 9.47 Å². The van der Waals surface area contributed by atoms with Gasteiger partial charge in [-0.15, -0.1) is 0 Å². The number of para-hydroxylation sites is 2. The lowest BCUT2D eigenvalue weighted by atomic mass is 10.0. The summed E-state index contributed by atoms with van der Waals surface area (Å²) in [5, 5.41) is 6.91. The topological polar surface area (TPSA) is 31.4 Å². The van der Waals surface area contributed by atoms with Crippen LogP contribution in [-0.4, -0.2) is 4.98 Å². The lowest BCUT2D eigenvalue weighted by molar-refractivity contribution is 0.470. The van der Waals surface area contributed by atoms with Crippen LogP contribution < -0.4 is 25.4 Å². The molecule has 2 aliphatic rings. The van der Waals surface area contributed by atoms with E-state index in [1.165, 1.54) is 15.9 Å². The molecule has 0 bridgehead atoms. The van der Waals surface area contributed by atoms with Crippen LogP contribution in [0, 0.1) is 0 Å². The molecule has 0 fully saturated rings. The fourth-order valence-corrected chi connectivity index (χ4v) is 6.99. The van der Waals surface area contributed by atoms with Crippen molar-refractivity contribution in [3.05, 3.63) is 85.1 Å². The standard InChI is InChI=1S/C25H14NO2P/c1-3-9-21-18(7-1)27-20-14-17-16(12-11-15-6-5-13-26-23(15)17)24-25(20)29(21)22-10-4-2-8-19(22)28-24/h1-14H. The van der Waals surface area contributed by atoms with Crippen molar-refractivity contribution in [3.8, 4) is 23.0 Å². The maximum Gasteiger partial charge on any atom is 0.147 e. The minimum Gasteiger partial charge on any atom is -0.456 e. The van der Waals surface area contributed by atoms with Gasteiger partial charge in [0.15, 0.2) is 0 Å². The molecule has 3 heterocycles. The Kier molecular flexibility index (Phi) is 2.97. The number of fused-ring (bicyclic) bond motifs is 8. The zero-order valence-electron chi connectivity index (χ0n) is 15.3. The van der Waals surface area contributed by atoms with Gasteiger partial charge in [-0.3, -0.25) is 4.98 Å². The highest BCUT2D eigenvalue weighted by atomic mass is 31.1. The number of pyridine rings is 1. The molecule has 5 aromatic rings. The Hall–Kier alpha value is -3.42. The Balaban J connectivity index is 1.65. The largest absolute Gasteiger partial charge is 0.456 e. The van der Waals surface area contributed by atoms with E-state index in [2.05, 4.69) is 65.6 Å². The van der Waals surface area contributed by atoms with Crippen LogP contribution in [0.4, 0.5) is 0 Å². The van der Waals surface area contributed by atoms with Gasteiger partial charge in [-0.05, 0) is 30.3 Å². The van der Waals surface area contributed by atoms with Gasteiger partial charge in [0.1, 0.15) is 23.0 Å².